The highest BCUT2D eigenvalue weighted by Crippen LogP contribution is 2.22. The largest absolute Gasteiger partial charge is 0.337 e. The van der Waals surface area contributed by atoms with Crippen molar-refractivity contribution in [2.24, 2.45) is 0 Å². The minimum Gasteiger partial charge on any atom is -0.337 e. The van der Waals surface area contributed by atoms with Crippen molar-refractivity contribution in [1.82, 2.24) is 19.7 Å². The van der Waals surface area contributed by atoms with Crippen molar-refractivity contribution in [3.8, 4) is 0 Å². The van der Waals surface area contributed by atoms with Gasteiger partial charge in [-0.05, 0) is 31.0 Å². The Balaban J connectivity index is 1.48. The van der Waals surface area contributed by atoms with Gasteiger partial charge in [-0.25, -0.2) is 0 Å². The Hall–Kier alpha value is -3.22. The molecule has 3 amide bonds. The van der Waals surface area contributed by atoms with Crippen LogP contribution in [0.25, 0.3) is 0 Å². The van der Waals surface area contributed by atoms with Crippen molar-refractivity contribution in [2.75, 3.05) is 26.2 Å². The Morgan fingerprint density at radius 2 is 2.00 bits per heavy atom. The van der Waals surface area contributed by atoms with Crippen LogP contribution < -0.4 is 0 Å². The summed E-state index contributed by atoms with van der Waals surface area (Å²) in [6.45, 7) is 3.75. The molecule has 1 unspecified atom stereocenters. The van der Waals surface area contributed by atoms with E-state index in [0.29, 0.717) is 38.2 Å². The quantitative estimate of drug-likeness (QED) is 0.793. The van der Waals surface area contributed by atoms with E-state index in [2.05, 4.69) is 4.98 Å². The second-order valence-electron chi connectivity index (χ2n) is 7.61. The van der Waals surface area contributed by atoms with Crippen LogP contribution in [0.2, 0.25) is 0 Å². The summed E-state index contributed by atoms with van der Waals surface area (Å²) < 4.78 is 0. The van der Waals surface area contributed by atoms with E-state index in [1.54, 1.807) is 39.2 Å². The van der Waals surface area contributed by atoms with Crippen LogP contribution in [0.5, 0.6) is 0 Å². The Bertz CT molecular complexity index is 931. The number of aromatic nitrogens is 1. The molecule has 1 atom stereocenters. The number of hydrogen-bond acceptors (Lipinski definition) is 4. The number of piperazine rings is 1. The molecule has 4 rings (SSSR count). The van der Waals surface area contributed by atoms with Gasteiger partial charge in [0, 0.05) is 38.6 Å². The Morgan fingerprint density at radius 3 is 2.76 bits per heavy atom. The van der Waals surface area contributed by atoms with Gasteiger partial charge in [0.2, 0.25) is 11.8 Å². The first-order valence-electron chi connectivity index (χ1n) is 9.86. The summed E-state index contributed by atoms with van der Waals surface area (Å²) in [5, 5.41) is 0. The highest BCUT2D eigenvalue weighted by atomic mass is 16.2. The molecular weight excluding hydrogens is 368 g/mol. The van der Waals surface area contributed by atoms with E-state index in [1.165, 1.54) is 0 Å². The lowest BCUT2D eigenvalue weighted by Gasteiger charge is -2.39. The maximum atomic E-state index is 13.1. The van der Waals surface area contributed by atoms with Crippen LogP contribution in [0.3, 0.4) is 0 Å². The number of amides is 3. The molecule has 150 valence electrons. The van der Waals surface area contributed by atoms with Crippen LogP contribution in [0.4, 0.5) is 0 Å². The van der Waals surface area contributed by atoms with Crippen LogP contribution in [0, 0.1) is 6.92 Å². The zero-order valence-electron chi connectivity index (χ0n) is 16.5. The summed E-state index contributed by atoms with van der Waals surface area (Å²) in [7, 11) is 0. The number of rotatable bonds is 3. The van der Waals surface area contributed by atoms with Crippen molar-refractivity contribution < 1.29 is 14.4 Å². The molecule has 2 aliphatic rings. The summed E-state index contributed by atoms with van der Waals surface area (Å²) in [4.78, 5) is 47.6. The lowest BCUT2D eigenvalue weighted by molar-refractivity contribution is -0.156. The van der Waals surface area contributed by atoms with Gasteiger partial charge in [-0.15, -0.1) is 0 Å². The lowest BCUT2D eigenvalue weighted by Crippen LogP contribution is -2.59. The Morgan fingerprint density at radius 1 is 1.14 bits per heavy atom. The molecule has 0 spiro atoms. The second kappa shape index (κ2) is 8.03. The number of aryl methyl sites for hydroxylation is 1. The molecule has 2 aromatic rings. The van der Waals surface area contributed by atoms with Gasteiger partial charge >= 0.3 is 0 Å². The van der Waals surface area contributed by atoms with Gasteiger partial charge in [0.15, 0.2) is 0 Å². The van der Waals surface area contributed by atoms with Gasteiger partial charge in [0.1, 0.15) is 12.6 Å². The normalized spacial score (nSPS) is 19.8. The van der Waals surface area contributed by atoms with E-state index in [9.17, 15) is 14.4 Å². The molecular formula is C22H24N4O3. The number of nitrogens with zero attached hydrogens (tertiary/aromatic N) is 4. The monoisotopic (exact) mass is 392 g/mol. The fraction of sp³-hybridized carbons (Fsp3) is 0.364. The van der Waals surface area contributed by atoms with Crippen molar-refractivity contribution in [1.29, 1.82) is 0 Å². The summed E-state index contributed by atoms with van der Waals surface area (Å²) in [6.07, 6.45) is 3.61. The highest BCUT2D eigenvalue weighted by molar-refractivity contribution is 5.96. The van der Waals surface area contributed by atoms with Crippen molar-refractivity contribution in [3.05, 3.63) is 65.5 Å². The van der Waals surface area contributed by atoms with E-state index < -0.39 is 6.04 Å². The average Bonchev–Trinajstić information content (AvgIpc) is 2.96. The zero-order chi connectivity index (χ0) is 20.4. The highest BCUT2D eigenvalue weighted by Gasteiger charge is 2.41. The number of carbonyl (C=O) groups excluding carboxylic acids is 3. The number of hydrogen-bond donors (Lipinski definition) is 0. The molecule has 7 heteroatoms. The number of benzene rings is 1. The number of pyridine rings is 1. The third-order valence-electron chi connectivity index (χ3n) is 5.55. The fourth-order valence-corrected chi connectivity index (χ4v) is 4.07. The Labute approximate surface area is 169 Å². The molecule has 0 bridgehead atoms. The first kappa shape index (κ1) is 19.1. The van der Waals surface area contributed by atoms with E-state index in [-0.39, 0.29) is 24.3 Å². The third-order valence-corrected chi connectivity index (χ3v) is 5.55. The van der Waals surface area contributed by atoms with Crippen molar-refractivity contribution in [2.45, 2.75) is 25.9 Å². The topological polar surface area (TPSA) is 73.8 Å². The molecule has 29 heavy (non-hydrogen) atoms. The second-order valence-corrected chi connectivity index (χ2v) is 7.61. The molecule has 1 aromatic heterocycles. The summed E-state index contributed by atoms with van der Waals surface area (Å²) in [5.74, 6) is -0.214. The van der Waals surface area contributed by atoms with Gasteiger partial charge in [0.25, 0.3) is 5.91 Å². The SMILES string of the molecule is Cc1cccc(CN2CC(=O)N3CCN(C(=O)c4cccnc4)CCC3C2=O)c1. The van der Waals surface area contributed by atoms with Gasteiger partial charge in [-0.2, -0.15) is 0 Å². The van der Waals surface area contributed by atoms with Crippen LogP contribution in [-0.4, -0.2) is 69.6 Å². The zero-order valence-corrected chi connectivity index (χ0v) is 16.5. The van der Waals surface area contributed by atoms with Gasteiger partial charge in [0.05, 0.1) is 5.56 Å². The first-order chi connectivity index (χ1) is 14.0. The van der Waals surface area contributed by atoms with Gasteiger partial charge < -0.3 is 14.7 Å². The van der Waals surface area contributed by atoms with E-state index in [4.69, 9.17) is 0 Å². The standard InChI is InChI=1S/C22H24N4O3/c1-16-4-2-5-17(12-16)14-25-15-20(27)26-11-10-24(9-7-19(26)22(25)29)21(28)18-6-3-8-23-13-18/h2-6,8,12-13,19H,7,9-11,14-15H2,1H3. The van der Waals surface area contributed by atoms with Crippen LogP contribution >= 0.6 is 0 Å². The van der Waals surface area contributed by atoms with Crippen molar-refractivity contribution >= 4 is 17.7 Å². The van der Waals surface area contributed by atoms with Gasteiger partial charge in [-0.3, -0.25) is 19.4 Å². The van der Waals surface area contributed by atoms with Gasteiger partial charge in [-0.1, -0.05) is 29.8 Å². The molecule has 0 radical (unpaired) electrons. The molecule has 2 fully saturated rings. The molecule has 0 saturated carbocycles. The molecule has 2 aliphatic heterocycles. The average molecular weight is 392 g/mol. The molecule has 7 nitrogen and oxygen atoms in total. The lowest BCUT2D eigenvalue weighted by atomic mass is 10.1. The van der Waals surface area contributed by atoms with Crippen LogP contribution in [0.1, 0.15) is 27.9 Å². The van der Waals surface area contributed by atoms with E-state index in [1.807, 2.05) is 31.2 Å². The molecule has 1 aromatic carbocycles. The fourth-order valence-electron chi connectivity index (χ4n) is 4.07. The number of fused-ring (bicyclic) bond motifs is 1. The molecule has 0 N–H and O–H groups in total. The summed E-state index contributed by atoms with van der Waals surface area (Å²) >= 11 is 0. The minimum absolute atomic E-state index is 0.0400. The number of carbonyl (C=O) groups is 3. The van der Waals surface area contributed by atoms with Crippen LogP contribution in [-0.2, 0) is 16.1 Å². The van der Waals surface area contributed by atoms with E-state index in [0.717, 1.165) is 11.1 Å². The van der Waals surface area contributed by atoms with Crippen LogP contribution in [0.15, 0.2) is 48.8 Å². The first-order valence-corrected chi connectivity index (χ1v) is 9.86. The maximum absolute atomic E-state index is 13.1. The molecule has 2 saturated heterocycles. The van der Waals surface area contributed by atoms with E-state index >= 15 is 0 Å². The minimum atomic E-state index is -0.507. The molecule has 3 heterocycles. The smallest absolute Gasteiger partial charge is 0.255 e. The summed E-state index contributed by atoms with van der Waals surface area (Å²) in [5.41, 5.74) is 2.66. The summed E-state index contributed by atoms with van der Waals surface area (Å²) in [6, 6.07) is 10.9. The Kier molecular flexibility index (Phi) is 5.29. The predicted octanol–water partition coefficient (Wildman–Crippen LogP) is 1.48. The van der Waals surface area contributed by atoms with Crippen molar-refractivity contribution in [3.63, 3.8) is 0 Å². The maximum Gasteiger partial charge on any atom is 0.255 e. The molecule has 0 aliphatic carbocycles. The predicted molar refractivity (Wildman–Crippen MR) is 107 cm³/mol. The third kappa shape index (κ3) is 3.99.